The lowest BCUT2D eigenvalue weighted by atomic mass is 9.33. The number of carbonyl (C=O) groups is 5. The number of rotatable bonds is 32. The van der Waals surface area contributed by atoms with E-state index in [2.05, 4.69) is 26.8 Å². The van der Waals surface area contributed by atoms with Crippen molar-refractivity contribution in [2.24, 2.45) is 62.1 Å². The van der Waals surface area contributed by atoms with Gasteiger partial charge in [-0.25, -0.2) is 4.79 Å². The number of esters is 3. The van der Waals surface area contributed by atoms with Crippen LogP contribution in [0.2, 0.25) is 0 Å². The van der Waals surface area contributed by atoms with Crippen molar-refractivity contribution in [1.29, 1.82) is 0 Å². The molecule has 41 heteroatoms. The largest absolute Gasteiger partial charge is 0.479 e. The number of hydrogen-bond donors (Lipinski definition) is 20. The highest BCUT2D eigenvalue weighted by molar-refractivity contribution is 5.80. The zero-order chi connectivity index (χ0) is 94.9. The Kier molecular flexibility index (Phi) is 33.3. The van der Waals surface area contributed by atoms with Gasteiger partial charge in [0, 0.05) is 12.8 Å². The molecule has 4 saturated carbocycles. The predicted molar refractivity (Wildman–Crippen MR) is 435 cm³/mol. The smallest absolute Gasteiger partial charge is 0.335 e. The highest BCUT2D eigenvalue weighted by Crippen LogP contribution is 2.76. The number of allylic oxidation sites excluding steroid dienone is 2. The van der Waals surface area contributed by atoms with Gasteiger partial charge in [0.1, 0.15) is 134 Å². The Balaban J connectivity index is 0.785. The predicted octanol–water partition coefficient (Wildman–Crippen LogP) is -2.73. The maximum atomic E-state index is 16.3. The molecule has 0 spiro atoms. The fraction of sp³-hybridized carbons (Fsp3) is 0.920. The van der Waals surface area contributed by atoms with E-state index in [1.165, 1.54) is 13.8 Å². The zero-order valence-electron chi connectivity index (χ0n) is 75.4. The molecule has 740 valence electrons. The molecule has 129 heavy (non-hydrogen) atoms. The first-order chi connectivity index (χ1) is 60.5. The summed E-state index contributed by atoms with van der Waals surface area (Å²) in [5.74, 6) is -6.90. The number of carbonyl (C=O) groups excluding carboxylic acids is 4. The van der Waals surface area contributed by atoms with Crippen LogP contribution in [0.25, 0.3) is 0 Å². The molecule has 7 saturated heterocycles. The van der Waals surface area contributed by atoms with Gasteiger partial charge < -0.3 is 183 Å². The van der Waals surface area contributed by atoms with Gasteiger partial charge in [-0.2, -0.15) is 0 Å². The highest BCUT2D eigenvalue weighted by Gasteiger charge is 2.73. The van der Waals surface area contributed by atoms with Crippen molar-refractivity contribution in [3.05, 3.63) is 11.6 Å². The summed E-state index contributed by atoms with van der Waals surface area (Å²) in [7, 11) is 0. The average molecular weight is 1860 g/mol. The Morgan fingerprint density at radius 2 is 1.05 bits per heavy atom. The summed E-state index contributed by atoms with van der Waals surface area (Å²) in [6.07, 6.45) is -59.3. The van der Waals surface area contributed by atoms with E-state index >= 15 is 4.79 Å². The highest BCUT2D eigenvalue weighted by atomic mass is 16.8. The monoisotopic (exact) mass is 1850 g/mol. The third-order valence-corrected chi connectivity index (χ3v) is 31.7. The fourth-order valence-electron chi connectivity index (χ4n) is 23.1. The molecule has 0 aromatic carbocycles. The summed E-state index contributed by atoms with van der Waals surface area (Å²) >= 11 is 0. The minimum absolute atomic E-state index is 0.0280. The van der Waals surface area contributed by atoms with Crippen LogP contribution >= 0.6 is 0 Å². The van der Waals surface area contributed by atoms with Crippen LogP contribution in [0, 0.1) is 62.1 Å². The van der Waals surface area contributed by atoms with Crippen LogP contribution < -0.4 is 0 Å². The number of ether oxygens (including phenoxy) is 16. The van der Waals surface area contributed by atoms with E-state index in [1.807, 2.05) is 34.6 Å². The lowest BCUT2D eigenvalue weighted by Gasteiger charge is -2.71. The van der Waals surface area contributed by atoms with Crippen LogP contribution in [0.5, 0.6) is 0 Å². The molecule has 0 bridgehead atoms. The molecule has 5 aliphatic carbocycles. The van der Waals surface area contributed by atoms with Crippen molar-refractivity contribution >= 4 is 30.2 Å². The molecule has 0 aromatic rings. The van der Waals surface area contributed by atoms with Crippen LogP contribution in [0.3, 0.4) is 0 Å². The van der Waals surface area contributed by atoms with Crippen molar-refractivity contribution in [1.82, 2.24) is 0 Å². The molecule has 48 atom stereocenters. The molecular weight excluding hydrogens is 1710 g/mol. The van der Waals surface area contributed by atoms with Crippen molar-refractivity contribution in [2.75, 3.05) is 19.8 Å². The Morgan fingerprint density at radius 3 is 1.64 bits per heavy atom. The molecule has 7 heterocycles. The summed E-state index contributed by atoms with van der Waals surface area (Å²) in [6.45, 7) is 22.0. The van der Waals surface area contributed by atoms with E-state index < -0.39 is 340 Å². The van der Waals surface area contributed by atoms with Gasteiger partial charge in [0.05, 0.1) is 86.9 Å². The minimum Gasteiger partial charge on any atom is -0.479 e. The lowest BCUT2D eigenvalue weighted by molar-refractivity contribution is -0.391. The quantitative estimate of drug-likeness (QED) is 0.0107. The summed E-state index contributed by atoms with van der Waals surface area (Å²) in [4.78, 5) is 71.7. The van der Waals surface area contributed by atoms with Gasteiger partial charge in [-0.15, -0.1) is 0 Å². The van der Waals surface area contributed by atoms with Crippen molar-refractivity contribution in [3.63, 3.8) is 0 Å². The van der Waals surface area contributed by atoms with Gasteiger partial charge in [0.15, 0.2) is 56.1 Å². The molecule has 7 aliphatic heterocycles. The fourth-order valence-corrected chi connectivity index (χ4v) is 23.1. The zero-order valence-corrected chi connectivity index (χ0v) is 75.4. The first kappa shape index (κ1) is 104. The molecular formula is C88H142O41. The van der Waals surface area contributed by atoms with E-state index in [4.69, 9.17) is 75.8 Å². The van der Waals surface area contributed by atoms with Gasteiger partial charge in [0.2, 0.25) is 6.29 Å². The second-order valence-corrected chi connectivity index (χ2v) is 40.3. The van der Waals surface area contributed by atoms with Gasteiger partial charge in [-0.05, 0) is 129 Å². The number of carboxylic acids is 1. The van der Waals surface area contributed by atoms with E-state index in [0.717, 1.165) is 11.9 Å². The summed E-state index contributed by atoms with van der Waals surface area (Å²) in [6, 6.07) is 0. The number of aldehydes is 1. The number of aliphatic carboxylic acids is 1. The number of fused-ring (bicyclic) bond motifs is 7. The number of aliphatic hydroxyl groups excluding tert-OH is 19. The Bertz CT molecular complexity index is 3790. The Hall–Kier alpha value is -3.99. The minimum atomic E-state index is -2.25. The lowest BCUT2D eigenvalue weighted by Crippen LogP contribution is -2.69. The number of carboxylic acid groups (broad SMARTS) is 1. The van der Waals surface area contributed by atoms with E-state index in [1.54, 1.807) is 20.8 Å². The maximum absolute atomic E-state index is 16.3. The third kappa shape index (κ3) is 20.2. The SMILES string of the molecule is CC[C@@H]1O[C@@H](O[C@@H](C[C@H](O)CC(=O)O[C@@H](C[C@H](O)CC(=O)O[C@@H]2C(C)O[C@@H](OC(=O)[C@]34CCC(C)(C)CC3C3=CCC5[C@@]6(C)CC[C@H](O[C@@H]7OC(C(=O)O)[C@H](O)[C@H](O[C@@H]8OC[C@@H](O)[C@H](O)C8O)C7O[C@@H]7OC(CO)[C@H](O)[C@H](O)C7O)[C@@](C)(C=O)C6CC[C@@]5(C)[C@]3(C)C[C@H]4O)[C@H](O[C@@H]3OC(C)[C@H](OC4OCC(O)[C@H](O)[C@@H]4O)[C@H](O)C3O)C2O)[C@@H](C)CC)[C@@H](C)CC)C(O)C1O. The van der Waals surface area contributed by atoms with Crippen molar-refractivity contribution in [3.8, 4) is 0 Å². The molecule has 0 radical (unpaired) electrons. The van der Waals surface area contributed by atoms with Crippen LogP contribution in [0.1, 0.15) is 193 Å². The normalized spacial score (nSPS) is 48.4. The number of hydrogen-bond acceptors (Lipinski definition) is 40. The van der Waals surface area contributed by atoms with Gasteiger partial charge in [0.25, 0.3) is 0 Å². The third-order valence-electron chi connectivity index (χ3n) is 31.7. The van der Waals surface area contributed by atoms with Gasteiger partial charge in [-0.3, -0.25) is 14.4 Å². The van der Waals surface area contributed by atoms with Gasteiger partial charge >= 0.3 is 23.9 Å². The number of aliphatic hydroxyl groups is 19. The van der Waals surface area contributed by atoms with Crippen molar-refractivity contribution < 1.29 is 202 Å². The molecule has 11 fully saturated rings. The van der Waals surface area contributed by atoms with Crippen molar-refractivity contribution in [2.45, 2.75) is 426 Å². The molecule has 0 aromatic heterocycles. The van der Waals surface area contributed by atoms with Crippen LogP contribution in [0.4, 0.5) is 0 Å². The second-order valence-electron chi connectivity index (χ2n) is 40.3. The summed E-state index contributed by atoms with van der Waals surface area (Å²) < 4.78 is 97.0. The first-order valence-corrected chi connectivity index (χ1v) is 45.8. The molecule has 20 N–H and O–H groups in total. The molecule has 0 amide bonds. The van der Waals surface area contributed by atoms with Gasteiger partial charge in [-0.1, -0.05) is 101 Å². The molecule has 12 aliphatic rings. The summed E-state index contributed by atoms with van der Waals surface area (Å²) in [5.41, 5.74) is -5.31. The molecule has 41 nitrogen and oxygen atoms in total. The Labute approximate surface area is 748 Å². The van der Waals surface area contributed by atoms with Crippen LogP contribution in [-0.4, -0.2) is 385 Å². The van der Waals surface area contributed by atoms with E-state index in [9.17, 15) is 121 Å². The molecule has 12 rings (SSSR count). The summed E-state index contributed by atoms with van der Waals surface area (Å²) in [5, 5.41) is 223. The second kappa shape index (κ2) is 41.4. The maximum Gasteiger partial charge on any atom is 0.335 e. The average Bonchev–Trinajstić information content (AvgIpc) is 0.728. The first-order valence-electron chi connectivity index (χ1n) is 45.8. The van der Waals surface area contributed by atoms with Crippen LogP contribution in [0.15, 0.2) is 11.6 Å². The van der Waals surface area contributed by atoms with E-state index in [0.29, 0.717) is 57.8 Å². The Morgan fingerprint density at radius 1 is 0.512 bits per heavy atom. The van der Waals surface area contributed by atoms with Crippen LogP contribution in [-0.2, 0) is 99.8 Å². The topological polar surface area (TPSA) is 638 Å². The standard InChI is InChI=1S/C88H142O41/c1-14-35(4)46(118-53(96)27-40(92)26-47(36(5)15-2)120-78-63(106)57(100)45(16-3)119-78)25-39(91)28-54(97)123-69-38(7)117-80(72(66(69)109)127-77-65(108)60(103)68(37(6)116-77)124-75-61(104)55(98)43(93)32-114-75)129-82(113)88-24-23-83(8,9)29-42(88)41-17-18-50-84(10)21-20-52(85(11,34-90)49(84)19-22-86(50,12)87(41,13)30-51(88)95)122-81-73(128-79-64(107)59(102)58(101)48(31-89)121-79)70(67(110)71(126-81)74(111)112)125-76-62(105)56(99)44(94)33-115-76/h17,34-40,42-52,55-73,75-81,89,91-95,98-110H,14-16,18-33H2,1-13H3,(H,111,112)/t35-,36-,37?,38?,39-,40-,42?,43?,44+,45-,46-,47-,48?,49?,50?,51+,52-,55-,56-,57?,58-,59-,60+,61-,62?,63?,64?,65?,66?,67+,68-,69+,70-,71?,72+,73?,75?,76-,77-,78-,79-,80-,81+,84-,85-,86+,87+,88+/m0/s1. The molecule has 16 unspecified atom stereocenters. The van der Waals surface area contributed by atoms with E-state index in [-0.39, 0.29) is 43.9 Å².